The zero-order valence-electron chi connectivity index (χ0n) is 9.82. The Balaban J connectivity index is 2.87. The maximum absolute atomic E-state index is 11.6. The molecule has 0 radical (unpaired) electrons. The highest BCUT2D eigenvalue weighted by Crippen LogP contribution is 2.40. The third-order valence-corrected chi connectivity index (χ3v) is 3.34. The van der Waals surface area contributed by atoms with E-state index in [4.69, 9.17) is 9.99 Å². The number of hydrogen-bond donors (Lipinski definition) is 1. The van der Waals surface area contributed by atoms with E-state index in [0.29, 0.717) is 6.61 Å². The lowest BCUT2D eigenvalue weighted by Crippen LogP contribution is -2.40. The summed E-state index contributed by atoms with van der Waals surface area (Å²) in [6, 6.07) is 0. The molecule has 1 N–H and O–H groups in total. The van der Waals surface area contributed by atoms with Crippen molar-refractivity contribution in [3.05, 3.63) is 0 Å². The molecule has 1 fully saturated rings. The molecule has 3 unspecified atom stereocenters. The van der Waals surface area contributed by atoms with Gasteiger partial charge in [-0.15, -0.1) is 0 Å². The Bertz CT molecular complexity index is 237. The van der Waals surface area contributed by atoms with Gasteiger partial charge >= 0.3 is 5.97 Å². The molecule has 15 heavy (non-hydrogen) atoms. The van der Waals surface area contributed by atoms with Crippen molar-refractivity contribution < 1.29 is 19.7 Å². The first kappa shape index (κ1) is 12.5. The maximum atomic E-state index is 11.6. The number of ether oxygens (including phenoxy) is 1. The first-order valence-electron chi connectivity index (χ1n) is 5.41. The van der Waals surface area contributed by atoms with Crippen molar-refractivity contribution in [2.75, 3.05) is 6.61 Å². The van der Waals surface area contributed by atoms with Crippen LogP contribution < -0.4 is 0 Å². The maximum Gasteiger partial charge on any atom is 0.312 e. The molecule has 3 atom stereocenters. The molecule has 0 aromatic rings. The highest BCUT2D eigenvalue weighted by atomic mass is 17.1. The van der Waals surface area contributed by atoms with Crippen LogP contribution in [0.1, 0.15) is 34.1 Å². The van der Waals surface area contributed by atoms with Crippen LogP contribution in [0, 0.1) is 17.3 Å². The molecule has 4 nitrogen and oxygen atoms in total. The molecule has 0 aromatic carbocycles. The number of cyclic esters (lactones) is 1. The van der Waals surface area contributed by atoms with Gasteiger partial charge in [-0.1, -0.05) is 34.1 Å². The molecule has 4 heteroatoms. The van der Waals surface area contributed by atoms with Gasteiger partial charge in [0.25, 0.3) is 0 Å². The standard InChI is InChI=1S/C11H20O4/c1-5-7(2)9(15-13)8-10(12)14-6-11(8,3)4/h7-9,13H,5-6H2,1-4H3. The lowest BCUT2D eigenvalue weighted by molar-refractivity contribution is -0.303. The minimum Gasteiger partial charge on any atom is -0.465 e. The second kappa shape index (κ2) is 4.49. The Morgan fingerprint density at radius 1 is 1.67 bits per heavy atom. The first-order chi connectivity index (χ1) is 6.94. The van der Waals surface area contributed by atoms with Crippen LogP contribution >= 0.6 is 0 Å². The monoisotopic (exact) mass is 216 g/mol. The van der Waals surface area contributed by atoms with Gasteiger partial charge in [0.1, 0.15) is 6.10 Å². The molecular weight excluding hydrogens is 196 g/mol. The molecule has 1 rings (SSSR count). The van der Waals surface area contributed by atoms with E-state index in [2.05, 4.69) is 4.89 Å². The lowest BCUT2D eigenvalue weighted by Gasteiger charge is -2.30. The van der Waals surface area contributed by atoms with E-state index in [1.165, 1.54) is 0 Å². The molecule has 1 heterocycles. The van der Waals surface area contributed by atoms with Crippen LogP contribution in [0.4, 0.5) is 0 Å². The molecule has 1 aliphatic heterocycles. The average molecular weight is 216 g/mol. The van der Waals surface area contributed by atoms with Crippen molar-refractivity contribution in [3.8, 4) is 0 Å². The quantitative estimate of drug-likeness (QED) is 0.444. The predicted octanol–water partition coefficient (Wildman–Crippen LogP) is 2.09. The van der Waals surface area contributed by atoms with E-state index in [1.807, 2.05) is 27.7 Å². The third kappa shape index (κ3) is 2.32. The Hall–Kier alpha value is -0.610. The fourth-order valence-corrected chi connectivity index (χ4v) is 2.06. The largest absolute Gasteiger partial charge is 0.465 e. The summed E-state index contributed by atoms with van der Waals surface area (Å²) in [6.45, 7) is 8.27. The molecule has 0 saturated carbocycles. The molecule has 88 valence electrons. The number of carbonyl (C=O) groups excluding carboxylic acids is 1. The topological polar surface area (TPSA) is 55.8 Å². The second-order valence-electron chi connectivity index (χ2n) is 5.03. The predicted molar refractivity (Wildman–Crippen MR) is 55.2 cm³/mol. The molecule has 0 aromatic heterocycles. The van der Waals surface area contributed by atoms with Gasteiger partial charge in [-0.2, -0.15) is 0 Å². The average Bonchev–Trinajstić information content (AvgIpc) is 2.45. The number of hydrogen-bond acceptors (Lipinski definition) is 4. The van der Waals surface area contributed by atoms with Crippen molar-refractivity contribution in [2.45, 2.75) is 40.2 Å². The minimum atomic E-state index is -0.472. The van der Waals surface area contributed by atoms with Crippen molar-refractivity contribution in [1.29, 1.82) is 0 Å². The number of carbonyl (C=O) groups is 1. The van der Waals surface area contributed by atoms with Crippen molar-refractivity contribution in [2.24, 2.45) is 17.3 Å². The van der Waals surface area contributed by atoms with Gasteiger partial charge in [0.15, 0.2) is 0 Å². The van der Waals surface area contributed by atoms with Crippen LogP contribution in [0.2, 0.25) is 0 Å². The van der Waals surface area contributed by atoms with Gasteiger partial charge in [0.05, 0.1) is 12.5 Å². The fourth-order valence-electron chi connectivity index (χ4n) is 2.06. The number of esters is 1. The van der Waals surface area contributed by atoms with Crippen LogP contribution in [0.5, 0.6) is 0 Å². The fraction of sp³-hybridized carbons (Fsp3) is 0.909. The first-order valence-corrected chi connectivity index (χ1v) is 5.41. The van der Waals surface area contributed by atoms with Crippen molar-refractivity contribution in [1.82, 2.24) is 0 Å². The molecular formula is C11H20O4. The van der Waals surface area contributed by atoms with Crippen LogP contribution in [-0.4, -0.2) is 23.9 Å². The van der Waals surface area contributed by atoms with E-state index in [9.17, 15) is 4.79 Å². The van der Waals surface area contributed by atoms with Crippen LogP contribution in [-0.2, 0) is 14.4 Å². The normalized spacial score (nSPS) is 28.6. The second-order valence-corrected chi connectivity index (χ2v) is 5.03. The molecule has 0 bridgehead atoms. The smallest absolute Gasteiger partial charge is 0.312 e. The summed E-state index contributed by atoms with van der Waals surface area (Å²) in [4.78, 5) is 16.1. The number of rotatable bonds is 4. The van der Waals surface area contributed by atoms with Gasteiger partial charge in [0.2, 0.25) is 0 Å². The van der Waals surface area contributed by atoms with E-state index in [-0.39, 0.29) is 23.2 Å². The van der Waals surface area contributed by atoms with E-state index >= 15 is 0 Å². The lowest BCUT2D eigenvalue weighted by atomic mass is 9.74. The molecule has 0 amide bonds. The van der Waals surface area contributed by atoms with Crippen LogP contribution in [0.15, 0.2) is 0 Å². The molecule has 0 aliphatic carbocycles. The summed E-state index contributed by atoms with van der Waals surface area (Å²) < 4.78 is 5.03. The van der Waals surface area contributed by atoms with E-state index < -0.39 is 6.10 Å². The van der Waals surface area contributed by atoms with E-state index in [0.717, 1.165) is 6.42 Å². The highest BCUT2D eigenvalue weighted by Gasteiger charge is 2.50. The van der Waals surface area contributed by atoms with Gasteiger partial charge in [-0.25, -0.2) is 4.89 Å². The Morgan fingerprint density at radius 2 is 2.27 bits per heavy atom. The summed E-state index contributed by atoms with van der Waals surface area (Å²) >= 11 is 0. The van der Waals surface area contributed by atoms with Crippen molar-refractivity contribution in [3.63, 3.8) is 0 Å². The molecule has 1 saturated heterocycles. The third-order valence-electron chi connectivity index (χ3n) is 3.34. The highest BCUT2D eigenvalue weighted by molar-refractivity contribution is 5.76. The molecule has 1 aliphatic rings. The van der Waals surface area contributed by atoms with Gasteiger partial charge in [-0.3, -0.25) is 10.1 Å². The van der Waals surface area contributed by atoms with E-state index in [1.54, 1.807) is 0 Å². The summed E-state index contributed by atoms with van der Waals surface area (Å²) in [6.07, 6.45) is 0.380. The molecule has 0 spiro atoms. The zero-order chi connectivity index (χ0) is 11.6. The summed E-state index contributed by atoms with van der Waals surface area (Å²) in [7, 11) is 0. The van der Waals surface area contributed by atoms with Crippen LogP contribution in [0.25, 0.3) is 0 Å². The summed E-state index contributed by atoms with van der Waals surface area (Å²) in [5.41, 5.74) is -0.270. The SMILES string of the molecule is CCC(C)C(OO)C1C(=O)OCC1(C)C. The summed E-state index contributed by atoms with van der Waals surface area (Å²) in [5.74, 6) is -0.512. The zero-order valence-corrected chi connectivity index (χ0v) is 9.82. The Kier molecular flexibility index (Phi) is 3.73. The minimum absolute atomic E-state index is 0.130. The Morgan fingerprint density at radius 3 is 2.60 bits per heavy atom. The van der Waals surface area contributed by atoms with Gasteiger partial charge in [0, 0.05) is 5.41 Å². The van der Waals surface area contributed by atoms with Crippen LogP contribution in [0.3, 0.4) is 0 Å². The van der Waals surface area contributed by atoms with Gasteiger partial charge < -0.3 is 4.74 Å². The van der Waals surface area contributed by atoms with Crippen molar-refractivity contribution >= 4 is 5.97 Å². The summed E-state index contributed by atoms with van der Waals surface area (Å²) in [5, 5.41) is 8.93. The Labute approximate surface area is 90.5 Å². The van der Waals surface area contributed by atoms with Gasteiger partial charge in [-0.05, 0) is 5.92 Å².